The molecule has 5 nitrogen and oxygen atoms in total. The zero-order valence-electron chi connectivity index (χ0n) is 14.2. The monoisotopic (exact) mass is 310 g/mol. The van der Waals surface area contributed by atoms with E-state index in [0.29, 0.717) is 19.3 Å². The number of carbonyl (C=O) groups excluding carboxylic acids is 2. The van der Waals surface area contributed by atoms with Crippen molar-refractivity contribution in [3.8, 4) is 0 Å². The molecule has 0 radical (unpaired) electrons. The highest BCUT2D eigenvalue weighted by Gasteiger charge is 2.30. The van der Waals surface area contributed by atoms with Gasteiger partial charge < -0.3 is 5.11 Å². The van der Waals surface area contributed by atoms with Crippen LogP contribution < -0.4 is 5.43 Å². The maximum Gasteiger partial charge on any atom is 0.240 e. The Kier molecular flexibility index (Phi) is 7.73. The van der Waals surface area contributed by atoms with Gasteiger partial charge in [-0.15, -0.1) is 0 Å². The zero-order valence-corrected chi connectivity index (χ0v) is 14.2. The van der Waals surface area contributed by atoms with Gasteiger partial charge in [-0.1, -0.05) is 40.0 Å². The van der Waals surface area contributed by atoms with E-state index in [2.05, 4.69) is 17.5 Å². The SMILES string of the molecule is CCCCCC(O)CCC(=O)NN=C1CC(=O)CC(C)(C)C1. The Morgan fingerprint density at radius 3 is 2.68 bits per heavy atom. The molecular formula is C17H30N2O3. The largest absolute Gasteiger partial charge is 0.393 e. The van der Waals surface area contributed by atoms with Crippen molar-refractivity contribution in [2.24, 2.45) is 10.5 Å². The van der Waals surface area contributed by atoms with Crippen LogP contribution in [0, 0.1) is 5.41 Å². The highest BCUT2D eigenvalue weighted by atomic mass is 16.3. The molecule has 126 valence electrons. The van der Waals surface area contributed by atoms with Gasteiger partial charge >= 0.3 is 0 Å². The smallest absolute Gasteiger partial charge is 0.240 e. The van der Waals surface area contributed by atoms with Gasteiger partial charge in [0.15, 0.2) is 0 Å². The van der Waals surface area contributed by atoms with Crippen molar-refractivity contribution in [1.29, 1.82) is 0 Å². The summed E-state index contributed by atoms with van der Waals surface area (Å²) in [6, 6.07) is 0. The van der Waals surface area contributed by atoms with Gasteiger partial charge in [0.2, 0.25) is 5.91 Å². The molecule has 5 heteroatoms. The molecule has 0 aromatic carbocycles. The van der Waals surface area contributed by atoms with E-state index >= 15 is 0 Å². The lowest BCUT2D eigenvalue weighted by Crippen LogP contribution is -2.31. The molecule has 2 N–H and O–H groups in total. The second-order valence-electron chi connectivity index (χ2n) is 7.13. The fourth-order valence-electron chi connectivity index (χ4n) is 2.85. The molecule has 22 heavy (non-hydrogen) atoms. The van der Waals surface area contributed by atoms with Gasteiger partial charge in [0.25, 0.3) is 0 Å². The number of hydrogen-bond acceptors (Lipinski definition) is 4. The summed E-state index contributed by atoms with van der Waals surface area (Å²) < 4.78 is 0. The van der Waals surface area contributed by atoms with Crippen LogP contribution in [-0.2, 0) is 9.59 Å². The van der Waals surface area contributed by atoms with E-state index in [1.165, 1.54) is 0 Å². The number of nitrogens with one attached hydrogen (secondary N) is 1. The maximum absolute atomic E-state index is 11.7. The molecule has 1 aliphatic carbocycles. The van der Waals surface area contributed by atoms with Crippen LogP contribution in [0.5, 0.6) is 0 Å². The van der Waals surface area contributed by atoms with Gasteiger partial charge in [0, 0.05) is 25.0 Å². The molecule has 1 atom stereocenters. The van der Waals surface area contributed by atoms with Crippen LogP contribution in [0.1, 0.15) is 78.6 Å². The highest BCUT2D eigenvalue weighted by Crippen LogP contribution is 2.31. The Morgan fingerprint density at radius 1 is 1.32 bits per heavy atom. The van der Waals surface area contributed by atoms with E-state index in [9.17, 15) is 14.7 Å². The van der Waals surface area contributed by atoms with E-state index in [1.807, 2.05) is 13.8 Å². The normalized spacial score (nSPS) is 20.9. The number of nitrogens with zero attached hydrogens (tertiary/aromatic N) is 1. The van der Waals surface area contributed by atoms with E-state index in [0.717, 1.165) is 37.8 Å². The summed E-state index contributed by atoms with van der Waals surface area (Å²) >= 11 is 0. The topological polar surface area (TPSA) is 78.8 Å². The summed E-state index contributed by atoms with van der Waals surface area (Å²) in [4.78, 5) is 23.4. The lowest BCUT2D eigenvalue weighted by Gasteiger charge is -2.29. The summed E-state index contributed by atoms with van der Waals surface area (Å²) in [5.74, 6) is -0.0199. The van der Waals surface area contributed by atoms with Gasteiger partial charge in [-0.05, 0) is 24.7 Å². The molecule has 0 spiro atoms. The van der Waals surface area contributed by atoms with Crippen molar-refractivity contribution in [2.75, 3.05) is 0 Å². The Bertz CT molecular complexity index is 416. The Morgan fingerprint density at radius 2 is 2.05 bits per heavy atom. The number of aliphatic hydroxyl groups excluding tert-OH is 1. The van der Waals surface area contributed by atoms with Crippen LogP contribution in [0.3, 0.4) is 0 Å². The number of hydrogen-bond donors (Lipinski definition) is 2. The molecule has 1 saturated carbocycles. The molecule has 0 heterocycles. The van der Waals surface area contributed by atoms with Crippen LogP contribution in [0.4, 0.5) is 0 Å². The predicted molar refractivity (Wildman–Crippen MR) is 87.6 cm³/mol. The molecule has 1 fully saturated rings. The molecule has 1 amide bonds. The fraction of sp³-hybridized carbons (Fsp3) is 0.824. The molecule has 1 aliphatic rings. The minimum Gasteiger partial charge on any atom is -0.393 e. The van der Waals surface area contributed by atoms with Gasteiger partial charge in [-0.25, -0.2) is 5.43 Å². The van der Waals surface area contributed by atoms with Crippen LogP contribution in [-0.4, -0.2) is 28.6 Å². The summed E-state index contributed by atoms with van der Waals surface area (Å²) in [6.45, 7) is 6.19. The Labute approximate surface area is 133 Å². The van der Waals surface area contributed by atoms with E-state index in [1.54, 1.807) is 0 Å². The van der Waals surface area contributed by atoms with Crippen LogP contribution >= 0.6 is 0 Å². The number of ketones is 1. The molecule has 0 saturated heterocycles. The number of hydrazone groups is 1. The third kappa shape index (κ3) is 7.69. The minimum atomic E-state index is -0.417. The van der Waals surface area contributed by atoms with Crippen molar-refractivity contribution >= 4 is 17.4 Å². The third-order valence-corrected chi connectivity index (χ3v) is 3.94. The second kappa shape index (κ2) is 9.03. The summed E-state index contributed by atoms with van der Waals surface area (Å²) in [6.07, 6.45) is 5.94. The summed E-state index contributed by atoms with van der Waals surface area (Å²) in [5.41, 5.74) is 3.19. The fourth-order valence-corrected chi connectivity index (χ4v) is 2.85. The molecule has 1 unspecified atom stereocenters. The van der Waals surface area contributed by atoms with Crippen LogP contribution in [0.2, 0.25) is 0 Å². The summed E-state index contributed by atoms with van der Waals surface area (Å²) in [5, 5.41) is 13.9. The second-order valence-corrected chi connectivity index (χ2v) is 7.13. The lowest BCUT2D eigenvalue weighted by molar-refractivity contribution is -0.122. The van der Waals surface area contributed by atoms with Crippen molar-refractivity contribution in [3.05, 3.63) is 0 Å². The standard InChI is InChI=1S/C17H30N2O3/c1-4-5-6-7-14(20)8-9-16(22)19-18-13-10-15(21)12-17(2,3)11-13/h14,20H,4-12H2,1-3H3,(H,19,22). The Balaban J connectivity index is 2.30. The molecular weight excluding hydrogens is 280 g/mol. The first-order chi connectivity index (χ1) is 10.3. The number of aliphatic hydroxyl groups is 1. The first kappa shape index (κ1) is 18.8. The number of carbonyl (C=O) groups is 2. The highest BCUT2D eigenvalue weighted by molar-refractivity contribution is 6.05. The van der Waals surface area contributed by atoms with E-state index in [-0.39, 0.29) is 23.5 Å². The predicted octanol–water partition coefficient (Wildman–Crippen LogP) is 2.96. The Hall–Kier alpha value is -1.23. The first-order valence-corrected chi connectivity index (χ1v) is 8.36. The van der Waals surface area contributed by atoms with Crippen molar-refractivity contribution in [3.63, 3.8) is 0 Å². The molecule has 0 aliphatic heterocycles. The minimum absolute atomic E-state index is 0.0750. The van der Waals surface area contributed by atoms with Crippen molar-refractivity contribution in [2.45, 2.75) is 84.7 Å². The average molecular weight is 310 g/mol. The first-order valence-electron chi connectivity index (χ1n) is 8.36. The molecule has 0 aromatic heterocycles. The van der Waals surface area contributed by atoms with Crippen molar-refractivity contribution < 1.29 is 14.7 Å². The number of Topliss-reactive ketones (excluding diaryl/α,β-unsaturated/α-hetero) is 1. The molecule has 0 bridgehead atoms. The van der Waals surface area contributed by atoms with E-state index in [4.69, 9.17) is 0 Å². The molecule has 1 rings (SSSR count). The van der Waals surface area contributed by atoms with Crippen LogP contribution in [0.15, 0.2) is 5.10 Å². The van der Waals surface area contributed by atoms with E-state index < -0.39 is 6.10 Å². The van der Waals surface area contributed by atoms with Gasteiger partial charge in [0.05, 0.1) is 6.10 Å². The van der Waals surface area contributed by atoms with Crippen LogP contribution in [0.25, 0.3) is 0 Å². The average Bonchev–Trinajstić information content (AvgIpc) is 2.41. The zero-order chi connectivity index (χ0) is 16.6. The number of unbranched alkanes of at least 4 members (excludes halogenated alkanes) is 2. The third-order valence-electron chi connectivity index (χ3n) is 3.94. The lowest BCUT2D eigenvalue weighted by atomic mass is 9.76. The quantitative estimate of drug-likeness (QED) is 0.534. The van der Waals surface area contributed by atoms with Gasteiger partial charge in [-0.2, -0.15) is 5.10 Å². The number of amides is 1. The number of rotatable bonds is 8. The maximum atomic E-state index is 11.7. The van der Waals surface area contributed by atoms with Gasteiger partial charge in [0.1, 0.15) is 5.78 Å². The van der Waals surface area contributed by atoms with Crippen molar-refractivity contribution in [1.82, 2.24) is 5.43 Å². The molecule has 0 aromatic rings. The summed E-state index contributed by atoms with van der Waals surface area (Å²) in [7, 11) is 0. The van der Waals surface area contributed by atoms with Gasteiger partial charge in [-0.3, -0.25) is 9.59 Å².